The molecule has 1 saturated carbocycles. The number of carbonyl (C=O) groups excluding carboxylic acids is 3. The summed E-state index contributed by atoms with van der Waals surface area (Å²) in [4.78, 5) is 37.1. The Kier molecular flexibility index (Phi) is 3.49. The van der Waals surface area contributed by atoms with Gasteiger partial charge in [0.1, 0.15) is 12.1 Å². The fraction of sp³-hybridized carbons (Fsp3) is 0.769. The number of urea groups is 1. The van der Waals surface area contributed by atoms with Gasteiger partial charge in [-0.2, -0.15) is 0 Å². The maximum atomic E-state index is 12.3. The Hall–Kier alpha value is -1.63. The standard InChI is InChI=1S/C13H22N4O3/c1-12(2,7-14)15-9(18)6-17-10(19)13(3,8-4-5-8)16-11(17)20/h8H,4-7,14H2,1-3H3,(H,15,18)(H,16,20). The summed E-state index contributed by atoms with van der Waals surface area (Å²) in [5.41, 5.74) is 4.13. The van der Waals surface area contributed by atoms with E-state index >= 15 is 0 Å². The largest absolute Gasteiger partial charge is 0.348 e. The highest BCUT2D eigenvalue weighted by Crippen LogP contribution is 2.42. The molecule has 1 unspecified atom stereocenters. The molecule has 1 heterocycles. The molecular formula is C13H22N4O3. The lowest BCUT2D eigenvalue weighted by Crippen LogP contribution is -2.53. The first-order chi connectivity index (χ1) is 9.19. The summed E-state index contributed by atoms with van der Waals surface area (Å²) in [6.45, 7) is 5.30. The highest BCUT2D eigenvalue weighted by atomic mass is 16.2. The lowest BCUT2D eigenvalue weighted by atomic mass is 9.96. The lowest BCUT2D eigenvalue weighted by molar-refractivity contribution is -0.135. The molecule has 1 aliphatic carbocycles. The van der Waals surface area contributed by atoms with Crippen LogP contribution < -0.4 is 16.4 Å². The smallest absolute Gasteiger partial charge is 0.325 e. The summed E-state index contributed by atoms with van der Waals surface area (Å²) in [5, 5.41) is 5.42. The molecule has 7 heteroatoms. The van der Waals surface area contributed by atoms with E-state index in [4.69, 9.17) is 5.73 Å². The maximum absolute atomic E-state index is 12.3. The van der Waals surface area contributed by atoms with Crippen LogP contribution in [-0.4, -0.2) is 46.9 Å². The number of nitrogens with zero attached hydrogens (tertiary/aromatic N) is 1. The second-order valence-electron chi connectivity index (χ2n) is 6.43. The van der Waals surface area contributed by atoms with Gasteiger partial charge in [-0.15, -0.1) is 0 Å². The Balaban J connectivity index is 2.01. The molecule has 0 aromatic heterocycles. The Morgan fingerprint density at radius 3 is 2.60 bits per heavy atom. The van der Waals surface area contributed by atoms with Gasteiger partial charge in [0.05, 0.1) is 0 Å². The second-order valence-corrected chi connectivity index (χ2v) is 6.43. The van der Waals surface area contributed by atoms with Crippen molar-refractivity contribution in [3.8, 4) is 0 Å². The van der Waals surface area contributed by atoms with Crippen LogP contribution in [0.3, 0.4) is 0 Å². The molecular weight excluding hydrogens is 260 g/mol. The van der Waals surface area contributed by atoms with Crippen molar-refractivity contribution < 1.29 is 14.4 Å². The van der Waals surface area contributed by atoms with Crippen molar-refractivity contribution in [2.45, 2.75) is 44.7 Å². The summed E-state index contributed by atoms with van der Waals surface area (Å²) in [6.07, 6.45) is 1.87. The van der Waals surface area contributed by atoms with E-state index in [2.05, 4.69) is 10.6 Å². The molecule has 0 aromatic rings. The third-order valence-electron chi connectivity index (χ3n) is 3.98. The molecule has 4 N–H and O–H groups in total. The first-order valence-electron chi connectivity index (χ1n) is 6.85. The van der Waals surface area contributed by atoms with Gasteiger partial charge in [0, 0.05) is 12.1 Å². The molecule has 20 heavy (non-hydrogen) atoms. The van der Waals surface area contributed by atoms with Gasteiger partial charge in [-0.1, -0.05) is 0 Å². The summed E-state index contributed by atoms with van der Waals surface area (Å²) in [7, 11) is 0. The molecule has 0 aromatic carbocycles. The van der Waals surface area contributed by atoms with Crippen LogP contribution in [-0.2, 0) is 9.59 Å². The van der Waals surface area contributed by atoms with Crippen LogP contribution >= 0.6 is 0 Å². The van der Waals surface area contributed by atoms with Gasteiger partial charge in [0.2, 0.25) is 5.91 Å². The van der Waals surface area contributed by atoms with Gasteiger partial charge in [-0.25, -0.2) is 4.79 Å². The third kappa shape index (κ3) is 2.63. The molecule has 0 spiro atoms. The number of hydrogen-bond donors (Lipinski definition) is 3. The summed E-state index contributed by atoms with van der Waals surface area (Å²) >= 11 is 0. The molecule has 1 aliphatic heterocycles. The van der Waals surface area contributed by atoms with Crippen LogP contribution in [0.25, 0.3) is 0 Å². The minimum absolute atomic E-state index is 0.187. The number of carbonyl (C=O) groups is 3. The topological polar surface area (TPSA) is 105 Å². The van der Waals surface area contributed by atoms with Crippen LogP contribution in [0.1, 0.15) is 33.6 Å². The zero-order valence-electron chi connectivity index (χ0n) is 12.2. The predicted octanol–water partition coefficient (Wildman–Crippen LogP) is -0.440. The van der Waals surface area contributed by atoms with Crippen molar-refractivity contribution in [2.75, 3.05) is 13.1 Å². The van der Waals surface area contributed by atoms with Gasteiger partial charge in [-0.05, 0) is 39.5 Å². The third-order valence-corrected chi connectivity index (χ3v) is 3.98. The van der Waals surface area contributed by atoms with Gasteiger partial charge in [-0.3, -0.25) is 14.5 Å². The average Bonchev–Trinajstić information content (AvgIpc) is 3.15. The van der Waals surface area contributed by atoms with Crippen molar-refractivity contribution in [3.05, 3.63) is 0 Å². The van der Waals surface area contributed by atoms with Crippen molar-refractivity contribution in [2.24, 2.45) is 11.7 Å². The van der Waals surface area contributed by atoms with E-state index in [0.29, 0.717) is 0 Å². The average molecular weight is 282 g/mol. The Labute approximate surface area is 118 Å². The summed E-state index contributed by atoms with van der Waals surface area (Å²) in [6, 6.07) is -0.495. The van der Waals surface area contributed by atoms with Gasteiger partial charge in [0.15, 0.2) is 0 Å². The number of imide groups is 1. The van der Waals surface area contributed by atoms with Crippen LogP contribution in [0.5, 0.6) is 0 Å². The minimum Gasteiger partial charge on any atom is -0.348 e. The number of nitrogens with two attached hydrogens (primary N) is 1. The van der Waals surface area contributed by atoms with E-state index in [-0.39, 0.29) is 30.8 Å². The van der Waals surface area contributed by atoms with E-state index in [0.717, 1.165) is 17.7 Å². The van der Waals surface area contributed by atoms with E-state index in [1.54, 1.807) is 20.8 Å². The minimum atomic E-state index is -0.846. The second kappa shape index (κ2) is 4.73. The molecule has 1 atom stereocenters. The van der Waals surface area contributed by atoms with Crippen molar-refractivity contribution in [3.63, 3.8) is 0 Å². The Bertz CT molecular complexity index is 459. The first-order valence-corrected chi connectivity index (χ1v) is 6.85. The molecule has 112 valence electrons. The number of nitrogens with one attached hydrogen (secondary N) is 2. The van der Waals surface area contributed by atoms with Gasteiger partial charge < -0.3 is 16.4 Å². The summed E-state index contributed by atoms with van der Waals surface area (Å²) in [5.74, 6) is -0.512. The lowest BCUT2D eigenvalue weighted by Gasteiger charge is -2.25. The molecule has 4 amide bonds. The zero-order valence-corrected chi connectivity index (χ0v) is 12.2. The van der Waals surface area contributed by atoms with E-state index in [1.165, 1.54) is 0 Å². The van der Waals surface area contributed by atoms with Gasteiger partial charge >= 0.3 is 6.03 Å². The highest BCUT2D eigenvalue weighted by Gasteiger charge is 2.56. The summed E-state index contributed by atoms with van der Waals surface area (Å²) < 4.78 is 0. The monoisotopic (exact) mass is 282 g/mol. The fourth-order valence-electron chi connectivity index (χ4n) is 2.41. The van der Waals surface area contributed by atoms with E-state index in [9.17, 15) is 14.4 Å². The quantitative estimate of drug-likeness (QED) is 0.595. The van der Waals surface area contributed by atoms with Crippen molar-refractivity contribution in [1.29, 1.82) is 0 Å². The van der Waals surface area contributed by atoms with Gasteiger partial charge in [0.25, 0.3) is 5.91 Å². The SMILES string of the molecule is CC(C)(CN)NC(=O)CN1C(=O)NC(C)(C2CC2)C1=O. The molecule has 2 fully saturated rings. The molecule has 7 nitrogen and oxygen atoms in total. The van der Waals surface area contributed by atoms with E-state index in [1.807, 2.05) is 0 Å². The number of amides is 4. The predicted molar refractivity (Wildman–Crippen MR) is 72.6 cm³/mol. The fourth-order valence-corrected chi connectivity index (χ4v) is 2.41. The number of hydrogen-bond acceptors (Lipinski definition) is 4. The molecule has 0 radical (unpaired) electrons. The van der Waals surface area contributed by atoms with Crippen molar-refractivity contribution in [1.82, 2.24) is 15.5 Å². The Morgan fingerprint density at radius 1 is 1.50 bits per heavy atom. The molecule has 1 saturated heterocycles. The van der Waals surface area contributed by atoms with Crippen LogP contribution in [0.4, 0.5) is 4.79 Å². The van der Waals surface area contributed by atoms with E-state index < -0.39 is 17.1 Å². The van der Waals surface area contributed by atoms with Crippen LogP contribution in [0.2, 0.25) is 0 Å². The first kappa shape index (κ1) is 14.8. The zero-order chi connectivity index (χ0) is 15.1. The highest BCUT2D eigenvalue weighted by molar-refractivity contribution is 6.09. The molecule has 2 aliphatic rings. The van der Waals surface area contributed by atoms with Crippen molar-refractivity contribution >= 4 is 17.8 Å². The number of rotatable bonds is 5. The maximum Gasteiger partial charge on any atom is 0.325 e. The van der Waals surface area contributed by atoms with Crippen LogP contribution in [0, 0.1) is 5.92 Å². The Morgan fingerprint density at radius 2 is 2.10 bits per heavy atom. The molecule has 0 bridgehead atoms. The normalized spacial score (nSPS) is 26.7. The van der Waals surface area contributed by atoms with Crippen LogP contribution in [0.15, 0.2) is 0 Å². The molecule has 2 rings (SSSR count).